The first-order chi connectivity index (χ1) is 8.16. The lowest BCUT2D eigenvalue weighted by Crippen LogP contribution is -1.89. The molecule has 1 heterocycles. The summed E-state index contributed by atoms with van der Waals surface area (Å²) in [6.45, 7) is 3.86. The van der Waals surface area contributed by atoms with Crippen molar-refractivity contribution in [3.8, 4) is 5.75 Å². The molecule has 0 fully saturated rings. The van der Waals surface area contributed by atoms with Gasteiger partial charge in [0.15, 0.2) is 0 Å². The average molecular weight is 229 g/mol. The van der Waals surface area contributed by atoms with Crippen molar-refractivity contribution >= 4 is 6.21 Å². The molecule has 1 aromatic heterocycles. The lowest BCUT2D eigenvalue weighted by molar-refractivity contribution is 0.458. The van der Waals surface area contributed by atoms with E-state index in [-0.39, 0.29) is 11.8 Å². The van der Waals surface area contributed by atoms with Gasteiger partial charge in [-0.3, -0.25) is 4.99 Å². The third kappa shape index (κ3) is 2.75. The first kappa shape index (κ1) is 11.5. The second kappa shape index (κ2) is 4.87. The summed E-state index contributed by atoms with van der Waals surface area (Å²) in [7, 11) is 0. The van der Waals surface area contributed by atoms with Crippen LogP contribution in [0.5, 0.6) is 5.75 Å². The molecule has 3 heteroatoms. The van der Waals surface area contributed by atoms with Crippen LogP contribution in [0.3, 0.4) is 0 Å². The molecule has 0 unspecified atom stereocenters. The van der Waals surface area contributed by atoms with Crippen LogP contribution in [-0.4, -0.2) is 11.3 Å². The van der Waals surface area contributed by atoms with E-state index in [9.17, 15) is 5.11 Å². The number of hydrogen-bond acceptors (Lipinski definition) is 3. The van der Waals surface area contributed by atoms with Gasteiger partial charge in [-0.05, 0) is 38.1 Å². The number of hydrogen-bond donors (Lipinski definition) is 1. The second-order valence-electron chi connectivity index (χ2n) is 3.96. The van der Waals surface area contributed by atoms with Gasteiger partial charge in [-0.15, -0.1) is 0 Å². The summed E-state index contributed by atoms with van der Waals surface area (Å²) in [5, 5.41) is 9.58. The van der Waals surface area contributed by atoms with Gasteiger partial charge in [-0.25, -0.2) is 0 Å². The largest absolute Gasteiger partial charge is 0.507 e. The van der Waals surface area contributed by atoms with Crippen LogP contribution in [0, 0.1) is 6.92 Å². The van der Waals surface area contributed by atoms with Crippen molar-refractivity contribution in [3.05, 3.63) is 53.5 Å². The molecule has 0 saturated heterocycles. The van der Waals surface area contributed by atoms with Crippen LogP contribution >= 0.6 is 0 Å². The highest BCUT2D eigenvalue weighted by atomic mass is 16.3. The molecule has 1 aromatic carbocycles. The van der Waals surface area contributed by atoms with E-state index in [1.54, 1.807) is 18.3 Å². The summed E-state index contributed by atoms with van der Waals surface area (Å²) in [5.41, 5.74) is 0.711. The monoisotopic (exact) mass is 229 g/mol. The Bertz CT molecular complexity index is 529. The van der Waals surface area contributed by atoms with Gasteiger partial charge in [-0.2, -0.15) is 0 Å². The summed E-state index contributed by atoms with van der Waals surface area (Å²) >= 11 is 0. The number of furan rings is 1. The fraction of sp³-hybridized carbons (Fsp3) is 0.214. The number of aromatic hydroxyl groups is 1. The molecule has 0 saturated carbocycles. The zero-order chi connectivity index (χ0) is 12.3. The van der Waals surface area contributed by atoms with Gasteiger partial charge in [0.05, 0.1) is 0 Å². The molecule has 17 heavy (non-hydrogen) atoms. The van der Waals surface area contributed by atoms with Crippen molar-refractivity contribution in [2.24, 2.45) is 4.99 Å². The summed E-state index contributed by atoms with van der Waals surface area (Å²) in [4.78, 5) is 4.36. The quantitative estimate of drug-likeness (QED) is 0.819. The first-order valence-corrected chi connectivity index (χ1v) is 5.54. The molecule has 0 aliphatic heterocycles. The molecule has 0 spiro atoms. The predicted octanol–water partition coefficient (Wildman–Crippen LogP) is 3.47. The van der Waals surface area contributed by atoms with Gasteiger partial charge >= 0.3 is 0 Å². The highest BCUT2D eigenvalue weighted by Gasteiger charge is 2.06. The number of phenolic OH excluding ortho intramolecular Hbond substituents is 1. The summed E-state index contributed by atoms with van der Waals surface area (Å²) in [6.07, 6.45) is 1.66. The lowest BCUT2D eigenvalue weighted by Gasteiger charge is -2.02. The van der Waals surface area contributed by atoms with Crippen LogP contribution in [0.4, 0.5) is 0 Å². The third-order valence-electron chi connectivity index (χ3n) is 2.55. The van der Waals surface area contributed by atoms with Crippen LogP contribution in [-0.2, 0) is 0 Å². The average Bonchev–Trinajstić information content (AvgIpc) is 2.74. The topological polar surface area (TPSA) is 45.7 Å². The number of benzene rings is 1. The number of aliphatic imine (C=N–C) groups is 1. The molecule has 1 N–H and O–H groups in total. The highest BCUT2D eigenvalue weighted by molar-refractivity contribution is 5.83. The minimum atomic E-state index is -0.0525. The van der Waals surface area contributed by atoms with Crippen molar-refractivity contribution in [2.75, 3.05) is 0 Å². The molecule has 0 bridgehead atoms. The van der Waals surface area contributed by atoms with E-state index in [2.05, 4.69) is 4.99 Å². The molecule has 3 nitrogen and oxygen atoms in total. The maximum absolute atomic E-state index is 9.58. The Morgan fingerprint density at radius 1 is 1.24 bits per heavy atom. The van der Waals surface area contributed by atoms with Crippen molar-refractivity contribution in [2.45, 2.75) is 19.9 Å². The summed E-state index contributed by atoms with van der Waals surface area (Å²) in [5.74, 6) is 1.94. The molecular weight excluding hydrogens is 214 g/mol. The highest BCUT2D eigenvalue weighted by Crippen LogP contribution is 2.20. The lowest BCUT2D eigenvalue weighted by atomic mass is 10.2. The van der Waals surface area contributed by atoms with Gasteiger partial charge in [0.1, 0.15) is 23.3 Å². The van der Waals surface area contributed by atoms with Crippen LogP contribution in [0.25, 0.3) is 0 Å². The molecule has 2 aromatic rings. The fourth-order valence-corrected chi connectivity index (χ4v) is 1.54. The molecule has 0 amide bonds. The Morgan fingerprint density at radius 2 is 2.00 bits per heavy atom. The summed E-state index contributed by atoms with van der Waals surface area (Å²) < 4.78 is 5.49. The number of aryl methyl sites for hydroxylation is 1. The van der Waals surface area contributed by atoms with E-state index < -0.39 is 0 Å². The SMILES string of the molecule is Cc1ccc([C@@H](C)N=Cc2ccccc2O)o1. The van der Waals surface area contributed by atoms with Gasteiger partial charge in [0.2, 0.25) is 0 Å². The Balaban J connectivity index is 2.14. The van der Waals surface area contributed by atoms with E-state index in [4.69, 9.17) is 4.42 Å². The Kier molecular flexibility index (Phi) is 3.28. The molecule has 0 aliphatic carbocycles. The van der Waals surface area contributed by atoms with Crippen molar-refractivity contribution in [3.63, 3.8) is 0 Å². The fourth-order valence-electron chi connectivity index (χ4n) is 1.54. The Morgan fingerprint density at radius 3 is 2.65 bits per heavy atom. The summed E-state index contributed by atoms with van der Waals surface area (Å²) in [6, 6.07) is 10.9. The van der Waals surface area contributed by atoms with Gasteiger partial charge in [-0.1, -0.05) is 12.1 Å². The van der Waals surface area contributed by atoms with E-state index >= 15 is 0 Å². The van der Waals surface area contributed by atoms with E-state index in [1.165, 1.54) is 0 Å². The minimum Gasteiger partial charge on any atom is -0.507 e. The van der Waals surface area contributed by atoms with Gasteiger partial charge in [0.25, 0.3) is 0 Å². The number of phenols is 1. The minimum absolute atomic E-state index is 0.0525. The third-order valence-corrected chi connectivity index (χ3v) is 2.55. The van der Waals surface area contributed by atoms with Crippen molar-refractivity contribution < 1.29 is 9.52 Å². The maximum Gasteiger partial charge on any atom is 0.128 e. The maximum atomic E-state index is 9.58. The van der Waals surface area contributed by atoms with Gasteiger partial charge in [0, 0.05) is 11.8 Å². The van der Waals surface area contributed by atoms with Crippen molar-refractivity contribution in [1.29, 1.82) is 0 Å². The second-order valence-corrected chi connectivity index (χ2v) is 3.96. The number of para-hydroxylation sites is 1. The molecule has 2 rings (SSSR count). The van der Waals surface area contributed by atoms with E-state index in [0.29, 0.717) is 5.56 Å². The first-order valence-electron chi connectivity index (χ1n) is 5.54. The predicted molar refractivity (Wildman–Crippen MR) is 67.6 cm³/mol. The van der Waals surface area contributed by atoms with Crippen LogP contribution < -0.4 is 0 Å². The zero-order valence-corrected chi connectivity index (χ0v) is 9.92. The van der Waals surface area contributed by atoms with Crippen LogP contribution in [0.15, 0.2) is 45.8 Å². The van der Waals surface area contributed by atoms with Crippen molar-refractivity contribution in [1.82, 2.24) is 0 Å². The standard InChI is InChI=1S/C14H15NO2/c1-10-7-8-14(17-10)11(2)15-9-12-5-3-4-6-13(12)16/h3-9,11,16H,1-2H3/t11-/m1/s1. The molecule has 0 radical (unpaired) electrons. The normalized spacial score (nSPS) is 13.1. The number of nitrogens with zero attached hydrogens (tertiary/aromatic N) is 1. The Hall–Kier alpha value is -2.03. The van der Waals surface area contributed by atoms with E-state index in [0.717, 1.165) is 11.5 Å². The molecule has 88 valence electrons. The van der Waals surface area contributed by atoms with Gasteiger partial charge < -0.3 is 9.52 Å². The Labute approximate surface area is 100 Å². The zero-order valence-electron chi connectivity index (χ0n) is 9.92. The van der Waals surface area contributed by atoms with E-state index in [1.807, 2.05) is 38.1 Å². The molecular formula is C14H15NO2. The van der Waals surface area contributed by atoms with Crippen LogP contribution in [0.2, 0.25) is 0 Å². The molecule has 0 aliphatic rings. The smallest absolute Gasteiger partial charge is 0.128 e. The van der Waals surface area contributed by atoms with Crippen LogP contribution in [0.1, 0.15) is 30.0 Å². The number of rotatable bonds is 3. The molecule has 1 atom stereocenters.